The van der Waals surface area contributed by atoms with Gasteiger partial charge in [0.05, 0.1) is 10.8 Å². The quantitative estimate of drug-likeness (QED) is 0.500. The maximum absolute atomic E-state index is 12.6. The highest BCUT2D eigenvalue weighted by atomic mass is 32.2. The third kappa shape index (κ3) is 3.34. The number of hydrogen-bond donors (Lipinski definition) is 1. The number of amides is 1. The largest absolute Gasteiger partial charge is 0.320 e. The topological polar surface area (TPSA) is 107 Å². The molecule has 2 aromatic rings. The molecule has 1 aromatic heterocycles. The lowest BCUT2D eigenvalue weighted by atomic mass is 10.1. The standard InChI is InChI=1S/C17H18N4O4S/c1-3-12-10(2)18-17-20(16(12)23)8-11(9-26-17)15(22)19-13-6-4-5-7-14(13)21(24)25/h4-7,11H,3,8-9H2,1-2H3,(H,19,22). The molecule has 0 bridgehead atoms. The Labute approximate surface area is 153 Å². The van der Waals surface area contributed by atoms with E-state index in [1.165, 1.54) is 28.5 Å². The molecular formula is C17H18N4O4S. The summed E-state index contributed by atoms with van der Waals surface area (Å²) in [7, 11) is 0. The monoisotopic (exact) mass is 374 g/mol. The SMILES string of the molecule is CCc1c(C)nc2n(c1=O)CC(C(=O)Nc1ccccc1[N+](=O)[O-])CS2. The first-order valence-corrected chi connectivity index (χ1v) is 9.18. The van der Waals surface area contributed by atoms with Crippen molar-refractivity contribution in [2.24, 2.45) is 5.92 Å². The summed E-state index contributed by atoms with van der Waals surface area (Å²) in [5.74, 6) is -0.355. The fourth-order valence-corrected chi connectivity index (χ4v) is 4.06. The zero-order chi connectivity index (χ0) is 18.8. The highest BCUT2D eigenvalue weighted by Gasteiger charge is 2.29. The highest BCUT2D eigenvalue weighted by Crippen LogP contribution is 2.28. The van der Waals surface area contributed by atoms with Crippen LogP contribution in [0.4, 0.5) is 11.4 Å². The number of fused-ring (bicyclic) bond motifs is 1. The van der Waals surface area contributed by atoms with Crippen LogP contribution in [0.15, 0.2) is 34.2 Å². The fourth-order valence-electron chi connectivity index (χ4n) is 2.93. The molecule has 1 atom stereocenters. The van der Waals surface area contributed by atoms with Crippen molar-refractivity contribution < 1.29 is 9.72 Å². The zero-order valence-corrected chi connectivity index (χ0v) is 15.2. The first-order valence-electron chi connectivity index (χ1n) is 8.19. The number of nitrogens with one attached hydrogen (secondary N) is 1. The molecule has 26 heavy (non-hydrogen) atoms. The van der Waals surface area contributed by atoms with Crippen molar-refractivity contribution in [2.75, 3.05) is 11.1 Å². The van der Waals surface area contributed by atoms with Gasteiger partial charge in [0, 0.05) is 29.6 Å². The van der Waals surface area contributed by atoms with E-state index in [4.69, 9.17) is 0 Å². The number of carbonyl (C=O) groups is 1. The summed E-state index contributed by atoms with van der Waals surface area (Å²) < 4.78 is 1.53. The molecule has 0 saturated carbocycles. The number of hydrogen-bond acceptors (Lipinski definition) is 6. The van der Waals surface area contributed by atoms with Gasteiger partial charge in [-0.1, -0.05) is 30.8 Å². The van der Waals surface area contributed by atoms with Crippen LogP contribution in [0.1, 0.15) is 18.2 Å². The van der Waals surface area contributed by atoms with Gasteiger partial charge < -0.3 is 5.32 Å². The van der Waals surface area contributed by atoms with Crippen molar-refractivity contribution in [3.63, 3.8) is 0 Å². The van der Waals surface area contributed by atoms with Gasteiger partial charge in [-0.05, 0) is 19.4 Å². The smallest absolute Gasteiger partial charge is 0.292 e. The van der Waals surface area contributed by atoms with E-state index in [0.717, 1.165) is 5.69 Å². The molecule has 8 nitrogen and oxygen atoms in total. The number of para-hydroxylation sites is 2. The molecular weight excluding hydrogens is 356 g/mol. The van der Waals surface area contributed by atoms with Crippen LogP contribution in [0.2, 0.25) is 0 Å². The van der Waals surface area contributed by atoms with Crippen LogP contribution >= 0.6 is 11.8 Å². The molecule has 2 heterocycles. The molecule has 3 rings (SSSR count). The molecule has 0 spiro atoms. The maximum atomic E-state index is 12.6. The Balaban J connectivity index is 1.84. The van der Waals surface area contributed by atoms with Crippen molar-refractivity contribution in [1.29, 1.82) is 0 Å². The lowest BCUT2D eigenvalue weighted by Gasteiger charge is -2.25. The number of aryl methyl sites for hydroxylation is 1. The molecule has 0 fully saturated rings. The van der Waals surface area contributed by atoms with E-state index in [2.05, 4.69) is 10.3 Å². The van der Waals surface area contributed by atoms with Crippen molar-refractivity contribution in [2.45, 2.75) is 32.0 Å². The van der Waals surface area contributed by atoms with Crippen molar-refractivity contribution in [3.05, 3.63) is 56.0 Å². The van der Waals surface area contributed by atoms with Gasteiger partial charge in [-0.3, -0.25) is 24.3 Å². The number of thioether (sulfide) groups is 1. The van der Waals surface area contributed by atoms with Crippen molar-refractivity contribution in [1.82, 2.24) is 9.55 Å². The molecule has 0 saturated heterocycles. The third-order valence-corrected chi connectivity index (χ3v) is 5.47. The van der Waals surface area contributed by atoms with E-state index in [-0.39, 0.29) is 29.4 Å². The van der Waals surface area contributed by atoms with E-state index < -0.39 is 10.8 Å². The van der Waals surface area contributed by atoms with Gasteiger partial charge in [0.2, 0.25) is 5.91 Å². The highest BCUT2D eigenvalue weighted by molar-refractivity contribution is 7.99. The second-order valence-corrected chi connectivity index (χ2v) is 6.99. The van der Waals surface area contributed by atoms with E-state index >= 15 is 0 Å². The fraction of sp³-hybridized carbons (Fsp3) is 0.353. The summed E-state index contributed by atoms with van der Waals surface area (Å²) in [6.45, 7) is 3.93. The van der Waals surface area contributed by atoms with Crippen molar-refractivity contribution in [3.8, 4) is 0 Å². The van der Waals surface area contributed by atoms with E-state index in [0.29, 0.717) is 22.9 Å². The number of benzene rings is 1. The first kappa shape index (κ1) is 18.1. The lowest BCUT2D eigenvalue weighted by Crippen LogP contribution is -2.38. The molecule has 1 N–H and O–H groups in total. The number of nitro groups is 1. The predicted octanol–water partition coefficient (Wildman–Crippen LogP) is 2.38. The third-order valence-electron chi connectivity index (χ3n) is 4.33. The average molecular weight is 374 g/mol. The first-order chi connectivity index (χ1) is 12.4. The summed E-state index contributed by atoms with van der Waals surface area (Å²) in [6, 6.07) is 6.00. The molecule has 1 unspecified atom stereocenters. The number of rotatable bonds is 4. The van der Waals surface area contributed by atoms with Gasteiger partial charge >= 0.3 is 0 Å². The van der Waals surface area contributed by atoms with E-state index in [9.17, 15) is 19.7 Å². The number of carbonyl (C=O) groups excluding carboxylic acids is 1. The molecule has 9 heteroatoms. The Bertz CT molecular complexity index is 941. The number of nitrogens with zero attached hydrogens (tertiary/aromatic N) is 3. The average Bonchev–Trinajstić information content (AvgIpc) is 2.62. The summed E-state index contributed by atoms with van der Waals surface area (Å²) in [6.07, 6.45) is 0.579. The van der Waals surface area contributed by atoms with Gasteiger partial charge in [-0.25, -0.2) is 4.98 Å². The zero-order valence-electron chi connectivity index (χ0n) is 14.4. The molecule has 0 aliphatic carbocycles. The summed E-state index contributed by atoms with van der Waals surface area (Å²) >= 11 is 1.35. The minimum Gasteiger partial charge on any atom is -0.320 e. The van der Waals surface area contributed by atoms with E-state index in [1.807, 2.05) is 13.8 Å². The van der Waals surface area contributed by atoms with Gasteiger partial charge in [0.15, 0.2) is 5.16 Å². The van der Waals surface area contributed by atoms with Crippen LogP contribution in [0.25, 0.3) is 0 Å². The van der Waals surface area contributed by atoms with Crippen LogP contribution in [0, 0.1) is 23.0 Å². The van der Waals surface area contributed by atoms with Crippen LogP contribution in [0.5, 0.6) is 0 Å². The van der Waals surface area contributed by atoms with Crippen LogP contribution in [-0.2, 0) is 17.8 Å². The second kappa shape index (κ2) is 7.28. The molecule has 136 valence electrons. The van der Waals surface area contributed by atoms with Crippen LogP contribution in [0.3, 0.4) is 0 Å². The Morgan fingerprint density at radius 2 is 2.19 bits per heavy atom. The van der Waals surface area contributed by atoms with Crippen LogP contribution in [-0.4, -0.2) is 26.1 Å². The Hall–Kier alpha value is -2.68. The molecule has 1 aromatic carbocycles. The number of aromatic nitrogens is 2. The molecule has 0 radical (unpaired) electrons. The molecule has 1 aliphatic heterocycles. The van der Waals surface area contributed by atoms with Gasteiger partial charge in [-0.2, -0.15) is 0 Å². The minimum atomic E-state index is -0.536. The Morgan fingerprint density at radius 3 is 2.88 bits per heavy atom. The summed E-state index contributed by atoms with van der Waals surface area (Å²) in [5, 5.41) is 14.3. The maximum Gasteiger partial charge on any atom is 0.292 e. The molecule has 1 amide bonds. The number of nitro benzene ring substituents is 1. The minimum absolute atomic E-state index is 0.120. The van der Waals surface area contributed by atoms with Gasteiger partial charge in [-0.15, -0.1) is 0 Å². The lowest BCUT2D eigenvalue weighted by molar-refractivity contribution is -0.383. The Morgan fingerprint density at radius 1 is 1.46 bits per heavy atom. The van der Waals surface area contributed by atoms with E-state index in [1.54, 1.807) is 12.1 Å². The van der Waals surface area contributed by atoms with Gasteiger partial charge in [0.25, 0.3) is 11.2 Å². The number of anilines is 1. The van der Waals surface area contributed by atoms with Crippen molar-refractivity contribution >= 4 is 29.0 Å². The second-order valence-electron chi connectivity index (χ2n) is 6.00. The summed E-state index contributed by atoms with van der Waals surface area (Å²) in [4.78, 5) is 40.2. The molecule has 1 aliphatic rings. The van der Waals surface area contributed by atoms with Crippen LogP contribution < -0.4 is 10.9 Å². The summed E-state index contributed by atoms with van der Waals surface area (Å²) in [5.41, 5.74) is 1.24. The normalized spacial score (nSPS) is 16.0. The van der Waals surface area contributed by atoms with Gasteiger partial charge in [0.1, 0.15) is 5.69 Å². The Kier molecular flexibility index (Phi) is 5.08. The predicted molar refractivity (Wildman–Crippen MR) is 98.6 cm³/mol.